The van der Waals surface area contributed by atoms with E-state index in [1.54, 1.807) is 30.3 Å². The van der Waals surface area contributed by atoms with Crippen LogP contribution in [-0.2, 0) is 16.0 Å². The van der Waals surface area contributed by atoms with Crippen LogP contribution in [0.3, 0.4) is 0 Å². The molecule has 1 aromatic carbocycles. The molecule has 0 saturated heterocycles. The first-order valence-corrected chi connectivity index (χ1v) is 5.27. The van der Waals surface area contributed by atoms with Crippen molar-refractivity contribution < 1.29 is 22.7 Å². The Morgan fingerprint density at radius 2 is 1.83 bits per heavy atom. The van der Waals surface area contributed by atoms with E-state index in [4.69, 9.17) is 5.73 Å². The third kappa shape index (κ3) is 4.75. The number of rotatable bonds is 4. The quantitative estimate of drug-likeness (QED) is 0.844. The van der Waals surface area contributed by atoms with Crippen molar-refractivity contribution in [2.24, 2.45) is 5.73 Å². The number of alkyl halides is 3. The molecule has 6 heteroatoms. The SMILES string of the molecule is C[C@](N)(Cc1ccccc1)C(=O)OCC(F)(F)F. The lowest BCUT2D eigenvalue weighted by Gasteiger charge is -2.23. The maximum Gasteiger partial charge on any atom is 0.422 e. The van der Waals surface area contributed by atoms with Crippen molar-refractivity contribution in [1.82, 2.24) is 0 Å². The van der Waals surface area contributed by atoms with Crippen LogP contribution in [0, 0.1) is 0 Å². The van der Waals surface area contributed by atoms with Gasteiger partial charge in [0.2, 0.25) is 0 Å². The monoisotopic (exact) mass is 261 g/mol. The van der Waals surface area contributed by atoms with E-state index in [1.807, 2.05) is 0 Å². The Kier molecular flexibility index (Phi) is 4.34. The van der Waals surface area contributed by atoms with Crippen LogP contribution in [0.15, 0.2) is 30.3 Å². The fourth-order valence-electron chi connectivity index (χ4n) is 1.40. The lowest BCUT2D eigenvalue weighted by molar-refractivity contribution is -0.189. The zero-order chi connectivity index (χ0) is 13.8. The minimum absolute atomic E-state index is 0.116. The summed E-state index contributed by atoms with van der Waals surface area (Å²) >= 11 is 0. The van der Waals surface area contributed by atoms with E-state index in [0.717, 1.165) is 5.56 Å². The molecule has 0 saturated carbocycles. The largest absolute Gasteiger partial charge is 0.455 e. The molecule has 0 aliphatic heterocycles. The Morgan fingerprint density at radius 3 is 2.33 bits per heavy atom. The summed E-state index contributed by atoms with van der Waals surface area (Å²) in [5, 5.41) is 0. The molecule has 0 unspecified atom stereocenters. The molecule has 0 heterocycles. The molecule has 0 aliphatic rings. The highest BCUT2D eigenvalue weighted by Gasteiger charge is 2.35. The number of hydrogen-bond donors (Lipinski definition) is 1. The Labute approximate surface area is 103 Å². The summed E-state index contributed by atoms with van der Waals surface area (Å²) in [7, 11) is 0. The number of halogens is 3. The maximum absolute atomic E-state index is 11.9. The zero-order valence-electron chi connectivity index (χ0n) is 9.83. The van der Waals surface area contributed by atoms with Crippen LogP contribution in [0.5, 0.6) is 0 Å². The number of carbonyl (C=O) groups is 1. The van der Waals surface area contributed by atoms with Gasteiger partial charge in [-0.2, -0.15) is 13.2 Å². The second-order valence-corrected chi connectivity index (χ2v) is 4.27. The van der Waals surface area contributed by atoms with Gasteiger partial charge in [0.25, 0.3) is 0 Å². The summed E-state index contributed by atoms with van der Waals surface area (Å²) in [5.74, 6) is -1.07. The van der Waals surface area contributed by atoms with Crippen LogP contribution in [0.4, 0.5) is 13.2 Å². The van der Waals surface area contributed by atoms with E-state index < -0.39 is 24.3 Å². The molecule has 0 spiro atoms. The van der Waals surface area contributed by atoms with Gasteiger partial charge >= 0.3 is 12.1 Å². The third-order valence-corrected chi connectivity index (χ3v) is 2.25. The molecule has 0 aromatic heterocycles. The van der Waals surface area contributed by atoms with Gasteiger partial charge in [-0.25, -0.2) is 0 Å². The van der Waals surface area contributed by atoms with Crippen molar-refractivity contribution in [2.45, 2.75) is 25.1 Å². The molecule has 0 radical (unpaired) electrons. The number of benzene rings is 1. The topological polar surface area (TPSA) is 52.3 Å². The molecule has 0 bridgehead atoms. The van der Waals surface area contributed by atoms with E-state index in [9.17, 15) is 18.0 Å². The standard InChI is InChI=1S/C12H14F3NO2/c1-11(16,7-9-5-3-2-4-6-9)10(17)18-8-12(13,14)15/h2-6H,7-8,16H2,1H3/t11-/m0/s1. The fraction of sp³-hybridized carbons (Fsp3) is 0.417. The summed E-state index contributed by atoms with van der Waals surface area (Å²) in [5.41, 5.74) is 4.96. The number of nitrogens with two attached hydrogens (primary N) is 1. The number of carbonyl (C=O) groups excluding carboxylic acids is 1. The molecule has 0 aliphatic carbocycles. The molecule has 0 amide bonds. The Balaban J connectivity index is 2.60. The summed E-state index contributed by atoms with van der Waals surface area (Å²) < 4.78 is 39.9. The van der Waals surface area contributed by atoms with Crippen molar-refractivity contribution in [3.8, 4) is 0 Å². The van der Waals surface area contributed by atoms with Crippen molar-refractivity contribution >= 4 is 5.97 Å². The highest BCUT2D eigenvalue weighted by molar-refractivity contribution is 5.80. The molecule has 1 atom stereocenters. The van der Waals surface area contributed by atoms with Gasteiger partial charge in [0, 0.05) is 6.42 Å². The van der Waals surface area contributed by atoms with Gasteiger partial charge in [0.1, 0.15) is 5.54 Å². The Bertz CT molecular complexity index is 402. The molecular weight excluding hydrogens is 247 g/mol. The van der Waals surface area contributed by atoms with E-state index in [2.05, 4.69) is 4.74 Å². The summed E-state index contributed by atoms with van der Waals surface area (Å²) in [4.78, 5) is 11.5. The first-order valence-electron chi connectivity index (χ1n) is 5.27. The van der Waals surface area contributed by atoms with Crippen molar-refractivity contribution in [3.05, 3.63) is 35.9 Å². The molecular formula is C12H14F3NO2. The van der Waals surface area contributed by atoms with Gasteiger partial charge < -0.3 is 10.5 Å². The fourth-order valence-corrected chi connectivity index (χ4v) is 1.40. The van der Waals surface area contributed by atoms with E-state index in [-0.39, 0.29) is 6.42 Å². The van der Waals surface area contributed by atoms with Gasteiger partial charge in [0.15, 0.2) is 6.61 Å². The minimum atomic E-state index is -4.54. The van der Waals surface area contributed by atoms with Crippen LogP contribution in [0.2, 0.25) is 0 Å². The highest BCUT2D eigenvalue weighted by Crippen LogP contribution is 2.17. The van der Waals surface area contributed by atoms with Crippen LogP contribution in [0.25, 0.3) is 0 Å². The number of ether oxygens (including phenoxy) is 1. The van der Waals surface area contributed by atoms with E-state index in [0.29, 0.717) is 0 Å². The predicted molar refractivity (Wildman–Crippen MR) is 59.8 cm³/mol. The van der Waals surface area contributed by atoms with Crippen LogP contribution >= 0.6 is 0 Å². The predicted octanol–water partition coefficient (Wildman–Crippen LogP) is 2.05. The maximum atomic E-state index is 11.9. The Morgan fingerprint density at radius 1 is 1.28 bits per heavy atom. The van der Waals surface area contributed by atoms with Gasteiger partial charge in [-0.05, 0) is 12.5 Å². The van der Waals surface area contributed by atoms with E-state index in [1.165, 1.54) is 6.92 Å². The van der Waals surface area contributed by atoms with Crippen molar-refractivity contribution in [2.75, 3.05) is 6.61 Å². The number of hydrogen-bond acceptors (Lipinski definition) is 3. The summed E-state index contributed by atoms with van der Waals surface area (Å²) in [6.45, 7) is -0.272. The third-order valence-electron chi connectivity index (χ3n) is 2.25. The molecule has 0 fully saturated rings. The minimum Gasteiger partial charge on any atom is -0.455 e. The summed E-state index contributed by atoms with van der Waals surface area (Å²) in [6.07, 6.45) is -4.43. The smallest absolute Gasteiger partial charge is 0.422 e. The van der Waals surface area contributed by atoms with Gasteiger partial charge in [-0.15, -0.1) is 0 Å². The van der Waals surface area contributed by atoms with Gasteiger partial charge in [-0.1, -0.05) is 30.3 Å². The van der Waals surface area contributed by atoms with Crippen LogP contribution in [-0.4, -0.2) is 24.3 Å². The highest BCUT2D eigenvalue weighted by atomic mass is 19.4. The molecule has 2 N–H and O–H groups in total. The zero-order valence-corrected chi connectivity index (χ0v) is 9.83. The Hall–Kier alpha value is -1.56. The van der Waals surface area contributed by atoms with E-state index >= 15 is 0 Å². The second-order valence-electron chi connectivity index (χ2n) is 4.27. The average molecular weight is 261 g/mol. The molecule has 1 aromatic rings. The lowest BCUT2D eigenvalue weighted by atomic mass is 9.94. The summed E-state index contributed by atoms with van der Waals surface area (Å²) in [6, 6.07) is 8.78. The molecule has 3 nitrogen and oxygen atoms in total. The normalized spacial score (nSPS) is 14.9. The first-order chi connectivity index (χ1) is 8.21. The van der Waals surface area contributed by atoms with Gasteiger partial charge in [0.05, 0.1) is 0 Å². The van der Waals surface area contributed by atoms with Gasteiger partial charge in [-0.3, -0.25) is 4.79 Å². The van der Waals surface area contributed by atoms with Crippen LogP contribution in [0.1, 0.15) is 12.5 Å². The second kappa shape index (κ2) is 5.39. The average Bonchev–Trinajstić information content (AvgIpc) is 2.25. The van der Waals surface area contributed by atoms with Crippen molar-refractivity contribution in [1.29, 1.82) is 0 Å². The molecule has 100 valence electrons. The number of esters is 1. The van der Waals surface area contributed by atoms with Crippen LogP contribution < -0.4 is 5.73 Å². The molecule has 18 heavy (non-hydrogen) atoms. The molecule has 1 rings (SSSR count). The first kappa shape index (κ1) is 14.5. The van der Waals surface area contributed by atoms with Crippen molar-refractivity contribution in [3.63, 3.8) is 0 Å². The lowest BCUT2D eigenvalue weighted by Crippen LogP contribution is -2.48.